The molecule has 4 aliphatic rings. The van der Waals surface area contributed by atoms with Crippen LogP contribution in [0.25, 0.3) is 0 Å². The number of thiazole rings is 2. The second-order valence-electron chi connectivity index (χ2n) is 15.7. The fourth-order valence-electron chi connectivity index (χ4n) is 8.03. The monoisotopic (exact) mass is 865 g/mol. The van der Waals surface area contributed by atoms with Crippen LogP contribution in [-0.4, -0.2) is 108 Å². The Morgan fingerprint density at radius 1 is 0.672 bits per heavy atom. The van der Waals surface area contributed by atoms with Gasteiger partial charge in [-0.25, -0.2) is 9.97 Å². The third-order valence-corrected chi connectivity index (χ3v) is 15.3. The predicted octanol–water partition coefficient (Wildman–Crippen LogP) is 7.05. The number of carbonyl (C=O) groups is 4. The minimum atomic E-state index is -0.313. The molecule has 7 heterocycles. The van der Waals surface area contributed by atoms with E-state index < -0.39 is 0 Å². The fraction of sp³-hybridized carbons (Fsp3) is 0.561. The number of amides is 4. The molecule has 17 heteroatoms. The van der Waals surface area contributed by atoms with Gasteiger partial charge >= 0.3 is 0 Å². The molecule has 4 amide bonds. The Morgan fingerprint density at radius 2 is 1.21 bits per heavy atom. The Hall–Kier alpha value is -3.58. The summed E-state index contributed by atoms with van der Waals surface area (Å²) in [7, 11) is 0. The molecule has 0 aromatic carbocycles. The van der Waals surface area contributed by atoms with Crippen molar-refractivity contribution in [2.24, 2.45) is 5.92 Å². The van der Waals surface area contributed by atoms with E-state index in [9.17, 15) is 19.2 Å². The van der Waals surface area contributed by atoms with E-state index in [2.05, 4.69) is 25.9 Å². The van der Waals surface area contributed by atoms with Crippen LogP contribution in [0.4, 0.5) is 10.0 Å². The first kappa shape index (κ1) is 41.2. The molecule has 3 aliphatic heterocycles. The Morgan fingerprint density at radius 3 is 1.76 bits per heavy atom. The second-order valence-corrected chi connectivity index (χ2v) is 19.7. The zero-order valence-electron chi connectivity index (χ0n) is 32.5. The third-order valence-electron chi connectivity index (χ3n) is 11.5. The standard InChI is InChI=1S/C41H51N7O6S4/c49-36(45-34-11-9-32(57-34)40(51)47-22-27(23-47)38-42-13-17-55-38)26-7-8-29(19-26)53-15-5-3-1-2-4-6-16-54-30-20-31(44-21-30)37(50)46-35-12-10-33(58-35)41(52)48-24-28(25-48)39-43-14-18-56-39/h9-14,17-18,26-31,44H,1-8,15-16,19-25H2,(H,45,49)(H,46,50)/t26-,29-,30+,31-/m0/s1. The summed E-state index contributed by atoms with van der Waals surface area (Å²) in [5.41, 5.74) is 0. The average molecular weight is 866 g/mol. The molecule has 4 fully saturated rings. The molecule has 310 valence electrons. The van der Waals surface area contributed by atoms with E-state index in [1.165, 1.54) is 22.7 Å². The molecule has 3 N–H and O–H groups in total. The lowest BCUT2D eigenvalue weighted by Gasteiger charge is -2.37. The van der Waals surface area contributed by atoms with Gasteiger partial charge in [0.05, 0.1) is 48.0 Å². The Labute approximate surface area is 354 Å². The molecule has 0 spiro atoms. The summed E-state index contributed by atoms with van der Waals surface area (Å²) in [6, 6.07) is 6.92. The number of nitrogens with one attached hydrogen (secondary N) is 3. The molecule has 58 heavy (non-hydrogen) atoms. The molecule has 1 saturated carbocycles. The van der Waals surface area contributed by atoms with Gasteiger partial charge in [0.25, 0.3) is 11.8 Å². The van der Waals surface area contributed by atoms with Gasteiger partial charge in [-0.15, -0.1) is 45.3 Å². The van der Waals surface area contributed by atoms with Gasteiger partial charge < -0.3 is 35.2 Å². The molecule has 13 nitrogen and oxygen atoms in total. The van der Waals surface area contributed by atoms with Crippen molar-refractivity contribution in [1.82, 2.24) is 25.1 Å². The van der Waals surface area contributed by atoms with Crippen molar-refractivity contribution in [2.75, 3.05) is 56.6 Å². The van der Waals surface area contributed by atoms with Crippen LogP contribution >= 0.6 is 45.3 Å². The molecule has 1 aliphatic carbocycles. The first-order chi connectivity index (χ1) is 28.4. The summed E-state index contributed by atoms with van der Waals surface area (Å²) in [6.07, 6.45) is 13.4. The molecular weight excluding hydrogens is 815 g/mol. The quantitative estimate of drug-likeness (QED) is 0.0842. The highest BCUT2D eigenvalue weighted by atomic mass is 32.1. The van der Waals surface area contributed by atoms with Gasteiger partial charge in [0.15, 0.2) is 0 Å². The summed E-state index contributed by atoms with van der Waals surface area (Å²) in [5.74, 6) is 0.517. The minimum absolute atomic E-state index is 0.00278. The van der Waals surface area contributed by atoms with Crippen molar-refractivity contribution in [1.29, 1.82) is 0 Å². The Bertz CT molecular complexity index is 1830. The summed E-state index contributed by atoms with van der Waals surface area (Å²) in [5, 5.41) is 16.8. The number of rotatable bonds is 19. The summed E-state index contributed by atoms with van der Waals surface area (Å²) >= 11 is 5.92. The van der Waals surface area contributed by atoms with E-state index in [4.69, 9.17) is 9.47 Å². The van der Waals surface area contributed by atoms with Crippen LogP contribution in [0.1, 0.15) is 105 Å². The minimum Gasteiger partial charge on any atom is -0.378 e. The maximum atomic E-state index is 13.0. The van der Waals surface area contributed by atoms with Gasteiger partial charge in [-0.3, -0.25) is 19.2 Å². The molecule has 0 unspecified atom stereocenters. The van der Waals surface area contributed by atoms with Crippen LogP contribution in [0.5, 0.6) is 0 Å². The molecule has 4 atom stereocenters. The van der Waals surface area contributed by atoms with Gasteiger partial charge in [-0.05, 0) is 62.8 Å². The number of carbonyl (C=O) groups excluding carboxylic acids is 4. The van der Waals surface area contributed by atoms with Crippen LogP contribution in [0.15, 0.2) is 47.4 Å². The lowest BCUT2D eigenvalue weighted by Crippen LogP contribution is -2.48. The second kappa shape index (κ2) is 19.7. The Balaban J connectivity index is 0.618. The number of hydrogen-bond donors (Lipinski definition) is 3. The first-order valence-electron chi connectivity index (χ1n) is 20.5. The molecule has 8 rings (SSSR count). The van der Waals surface area contributed by atoms with E-state index in [0.29, 0.717) is 72.3 Å². The van der Waals surface area contributed by atoms with E-state index in [-0.39, 0.29) is 47.8 Å². The number of anilines is 2. The van der Waals surface area contributed by atoms with E-state index in [0.717, 1.165) is 79.4 Å². The third kappa shape index (κ3) is 10.4. The first-order valence-corrected chi connectivity index (χ1v) is 23.9. The van der Waals surface area contributed by atoms with Crippen molar-refractivity contribution >= 4 is 79.0 Å². The van der Waals surface area contributed by atoms with E-state index in [1.807, 2.05) is 32.7 Å². The highest BCUT2D eigenvalue weighted by Gasteiger charge is 2.36. The maximum Gasteiger partial charge on any atom is 0.264 e. The van der Waals surface area contributed by atoms with E-state index >= 15 is 0 Å². The van der Waals surface area contributed by atoms with Crippen LogP contribution in [-0.2, 0) is 19.1 Å². The molecule has 0 bridgehead atoms. The highest BCUT2D eigenvalue weighted by molar-refractivity contribution is 7.18. The summed E-state index contributed by atoms with van der Waals surface area (Å²) < 4.78 is 12.2. The normalized spacial score (nSPS) is 22.2. The largest absolute Gasteiger partial charge is 0.378 e. The SMILES string of the molecule is O=C(Nc1ccc(C(=O)N2CC(c3nccs3)C2)s1)[C@H]1CC[C@H](OCCCCCCCCO[C@H]2CN[C@H](C(=O)Nc3ccc(C(=O)N4CC(c5nccs5)C4)s3)C2)C1. The zero-order valence-corrected chi connectivity index (χ0v) is 35.7. The van der Waals surface area contributed by atoms with Crippen LogP contribution < -0.4 is 16.0 Å². The number of thiophene rings is 2. The van der Waals surface area contributed by atoms with Gasteiger partial charge in [-0.1, -0.05) is 25.7 Å². The van der Waals surface area contributed by atoms with Crippen molar-refractivity contribution in [3.63, 3.8) is 0 Å². The average Bonchev–Trinajstić information content (AvgIpc) is 4.04. The summed E-state index contributed by atoms with van der Waals surface area (Å²) in [4.78, 5) is 65.4. The van der Waals surface area contributed by atoms with Crippen LogP contribution in [0, 0.1) is 5.92 Å². The molecule has 3 saturated heterocycles. The fourth-order valence-corrected chi connectivity index (χ4v) is 11.2. The molecule has 4 aromatic heterocycles. The molecular formula is C41H51N7O6S4. The highest BCUT2D eigenvalue weighted by Crippen LogP contribution is 2.35. The van der Waals surface area contributed by atoms with Gasteiger partial charge in [0.1, 0.15) is 0 Å². The number of nitrogens with zero attached hydrogens (tertiary/aromatic N) is 4. The topological polar surface area (TPSA) is 155 Å². The van der Waals surface area contributed by atoms with Crippen molar-refractivity contribution in [2.45, 2.75) is 94.3 Å². The number of unbranched alkanes of at least 4 members (excludes halogenated alkanes) is 5. The maximum absolute atomic E-state index is 13.0. The number of hydrogen-bond acceptors (Lipinski definition) is 13. The smallest absolute Gasteiger partial charge is 0.264 e. The molecule has 4 aromatic rings. The summed E-state index contributed by atoms with van der Waals surface area (Å²) in [6.45, 7) is 4.82. The van der Waals surface area contributed by atoms with Gasteiger partial charge in [-0.2, -0.15) is 0 Å². The zero-order chi connectivity index (χ0) is 39.8. The Kier molecular flexibility index (Phi) is 14.0. The van der Waals surface area contributed by atoms with Crippen LogP contribution in [0.2, 0.25) is 0 Å². The van der Waals surface area contributed by atoms with E-state index in [1.54, 1.807) is 47.2 Å². The number of ether oxygens (including phenoxy) is 2. The van der Waals surface area contributed by atoms with Crippen molar-refractivity contribution in [3.05, 3.63) is 67.2 Å². The van der Waals surface area contributed by atoms with Gasteiger partial charge in [0.2, 0.25) is 11.8 Å². The van der Waals surface area contributed by atoms with Crippen molar-refractivity contribution in [3.8, 4) is 0 Å². The number of likely N-dealkylation sites (tertiary alicyclic amines) is 2. The predicted molar refractivity (Wildman–Crippen MR) is 228 cm³/mol. The molecule has 0 radical (unpaired) electrons. The van der Waals surface area contributed by atoms with Crippen LogP contribution in [0.3, 0.4) is 0 Å². The van der Waals surface area contributed by atoms with Crippen molar-refractivity contribution < 1.29 is 28.7 Å². The van der Waals surface area contributed by atoms with Gasteiger partial charge in [0, 0.05) is 86.8 Å². The number of aromatic nitrogens is 2. The lowest BCUT2D eigenvalue weighted by molar-refractivity contribution is -0.120. The lowest BCUT2D eigenvalue weighted by atomic mass is 10.0.